The van der Waals surface area contributed by atoms with Gasteiger partial charge >= 0.3 is 0 Å². The van der Waals surface area contributed by atoms with Gasteiger partial charge in [0, 0.05) is 29.5 Å². The van der Waals surface area contributed by atoms with Gasteiger partial charge in [0.1, 0.15) is 0 Å². The molecule has 1 aliphatic rings. The Morgan fingerprint density at radius 3 is 2.71 bits per heavy atom. The number of aromatic nitrogens is 1. The van der Waals surface area contributed by atoms with Crippen LogP contribution in [0.1, 0.15) is 70.9 Å². The standard InChI is InChI=1S/C17H31N3S/c1-6-8-15-16(11-18-12(3)4)21-17(19-15)20-13(5)9-10-14(20)7-2/h12-14,18H,6-11H2,1-5H3. The van der Waals surface area contributed by atoms with Crippen molar-refractivity contribution in [2.45, 2.75) is 91.4 Å². The van der Waals surface area contributed by atoms with Crippen LogP contribution in [0.2, 0.25) is 0 Å². The maximum Gasteiger partial charge on any atom is 0.186 e. The highest BCUT2D eigenvalue weighted by molar-refractivity contribution is 7.15. The largest absolute Gasteiger partial charge is 0.342 e. The summed E-state index contributed by atoms with van der Waals surface area (Å²) in [7, 11) is 0. The van der Waals surface area contributed by atoms with Crippen molar-refractivity contribution in [1.29, 1.82) is 0 Å². The van der Waals surface area contributed by atoms with Crippen LogP contribution in [0.5, 0.6) is 0 Å². The van der Waals surface area contributed by atoms with Gasteiger partial charge in [-0.25, -0.2) is 4.98 Å². The number of nitrogens with one attached hydrogen (secondary N) is 1. The van der Waals surface area contributed by atoms with Crippen molar-refractivity contribution in [2.75, 3.05) is 4.90 Å². The molecule has 0 radical (unpaired) electrons. The zero-order chi connectivity index (χ0) is 15.4. The lowest BCUT2D eigenvalue weighted by Gasteiger charge is -2.27. The molecule has 2 heterocycles. The van der Waals surface area contributed by atoms with E-state index in [9.17, 15) is 0 Å². The Morgan fingerprint density at radius 1 is 1.33 bits per heavy atom. The van der Waals surface area contributed by atoms with Crippen molar-refractivity contribution in [1.82, 2.24) is 10.3 Å². The molecule has 0 amide bonds. The molecule has 4 heteroatoms. The molecule has 0 aromatic carbocycles. The summed E-state index contributed by atoms with van der Waals surface area (Å²) in [5, 5.41) is 4.81. The summed E-state index contributed by atoms with van der Waals surface area (Å²) in [4.78, 5) is 9.04. The molecule has 1 aromatic heterocycles. The molecule has 0 aliphatic carbocycles. The maximum absolute atomic E-state index is 5.01. The first-order valence-electron chi connectivity index (χ1n) is 8.57. The van der Waals surface area contributed by atoms with E-state index in [1.54, 1.807) is 0 Å². The summed E-state index contributed by atoms with van der Waals surface area (Å²) in [6.07, 6.45) is 6.13. The molecule has 1 aliphatic heterocycles. The molecule has 0 bridgehead atoms. The van der Waals surface area contributed by atoms with Crippen LogP contribution in [0.15, 0.2) is 0 Å². The van der Waals surface area contributed by atoms with Crippen molar-refractivity contribution >= 4 is 16.5 Å². The minimum absolute atomic E-state index is 0.527. The van der Waals surface area contributed by atoms with Crippen molar-refractivity contribution in [2.24, 2.45) is 0 Å². The number of anilines is 1. The highest BCUT2D eigenvalue weighted by Crippen LogP contribution is 2.36. The fourth-order valence-electron chi connectivity index (χ4n) is 3.16. The van der Waals surface area contributed by atoms with Crippen LogP contribution in [0.3, 0.4) is 0 Å². The van der Waals surface area contributed by atoms with Crippen LogP contribution in [0.4, 0.5) is 5.13 Å². The van der Waals surface area contributed by atoms with E-state index in [1.165, 1.54) is 41.4 Å². The highest BCUT2D eigenvalue weighted by atomic mass is 32.1. The minimum Gasteiger partial charge on any atom is -0.342 e. The summed E-state index contributed by atoms with van der Waals surface area (Å²) >= 11 is 1.91. The smallest absolute Gasteiger partial charge is 0.186 e. The molecule has 2 unspecified atom stereocenters. The highest BCUT2D eigenvalue weighted by Gasteiger charge is 2.32. The Balaban J connectivity index is 2.21. The molecule has 1 saturated heterocycles. The van der Waals surface area contributed by atoms with E-state index in [-0.39, 0.29) is 0 Å². The molecule has 1 fully saturated rings. The zero-order valence-corrected chi connectivity index (χ0v) is 15.1. The van der Waals surface area contributed by atoms with Gasteiger partial charge in [0.2, 0.25) is 0 Å². The van der Waals surface area contributed by atoms with Gasteiger partial charge < -0.3 is 10.2 Å². The summed E-state index contributed by atoms with van der Waals surface area (Å²) in [5.41, 5.74) is 1.32. The van der Waals surface area contributed by atoms with Gasteiger partial charge in [-0.3, -0.25) is 0 Å². The van der Waals surface area contributed by atoms with Crippen LogP contribution in [-0.2, 0) is 13.0 Å². The van der Waals surface area contributed by atoms with Gasteiger partial charge in [-0.1, -0.05) is 34.1 Å². The lowest BCUT2D eigenvalue weighted by molar-refractivity contribution is 0.589. The van der Waals surface area contributed by atoms with E-state index in [0.717, 1.165) is 13.0 Å². The second-order valence-corrected chi connectivity index (χ2v) is 7.61. The predicted octanol–water partition coefficient (Wildman–Crippen LogP) is 4.36. The molecule has 2 rings (SSSR count). The van der Waals surface area contributed by atoms with E-state index in [4.69, 9.17) is 4.98 Å². The van der Waals surface area contributed by atoms with Crippen LogP contribution in [0, 0.1) is 0 Å². The lowest BCUT2D eigenvalue weighted by Crippen LogP contribution is -2.33. The third kappa shape index (κ3) is 3.98. The second kappa shape index (κ2) is 7.59. The summed E-state index contributed by atoms with van der Waals surface area (Å²) in [6, 6.07) is 1.85. The normalized spacial score (nSPS) is 22.5. The number of nitrogens with zero attached hydrogens (tertiary/aromatic N) is 2. The number of hydrogen-bond acceptors (Lipinski definition) is 4. The predicted molar refractivity (Wildman–Crippen MR) is 93.3 cm³/mol. The third-order valence-electron chi connectivity index (χ3n) is 4.40. The van der Waals surface area contributed by atoms with E-state index in [1.807, 2.05) is 11.3 Å². The van der Waals surface area contributed by atoms with Gasteiger partial charge in [0.25, 0.3) is 0 Å². The SMILES string of the molecule is CCCc1nc(N2C(C)CCC2CC)sc1CNC(C)C. The van der Waals surface area contributed by atoms with Crippen molar-refractivity contribution in [3.8, 4) is 0 Å². The monoisotopic (exact) mass is 309 g/mol. The van der Waals surface area contributed by atoms with Gasteiger partial charge in [0.05, 0.1) is 5.69 Å². The van der Waals surface area contributed by atoms with Gasteiger partial charge in [0.15, 0.2) is 5.13 Å². The molecule has 0 saturated carbocycles. The lowest BCUT2D eigenvalue weighted by atomic mass is 10.2. The first kappa shape index (κ1) is 16.8. The Labute approximate surface area is 134 Å². The fourth-order valence-corrected chi connectivity index (χ4v) is 4.40. The summed E-state index contributed by atoms with van der Waals surface area (Å²) in [6.45, 7) is 12.3. The van der Waals surface area contributed by atoms with Gasteiger partial charge in [-0.05, 0) is 32.6 Å². The van der Waals surface area contributed by atoms with E-state index >= 15 is 0 Å². The second-order valence-electron chi connectivity index (χ2n) is 6.55. The van der Waals surface area contributed by atoms with Gasteiger partial charge in [-0.2, -0.15) is 0 Å². The Kier molecular flexibility index (Phi) is 6.06. The zero-order valence-electron chi connectivity index (χ0n) is 14.3. The Morgan fingerprint density at radius 2 is 2.10 bits per heavy atom. The van der Waals surface area contributed by atoms with E-state index in [2.05, 4.69) is 44.8 Å². The van der Waals surface area contributed by atoms with E-state index < -0.39 is 0 Å². The first-order valence-corrected chi connectivity index (χ1v) is 9.38. The molecule has 21 heavy (non-hydrogen) atoms. The number of thiazole rings is 1. The molecule has 120 valence electrons. The molecule has 0 spiro atoms. The average molecular weight is 310 g/mol. The fraction of sp³-hybridized carbons (Fsp3) is 0.824. The van der Waals surface area contributed by atoms with Crippen LogP contribution >= 0.6 is 11.3 Å². The molecular weight excluding hydrogens is 278 g/mol. The maximum atomic E-state index is 5.01. The molecule has 3 nitrogen and oxygen atoms in total. The Hall–Kier alpha value is -0.610. The van der Waals surface area contributed by atoms with Crippen LogP contribution < -0.4 is 10.2 Å². The topological polar surface area (TPSA) is 28.2 Å². The summed E-state index contributed by atoms with van der Waals surface area (Å²) < 4.78 is 0. The number of aryl methyl sites for hydroxylation is 1. The Bertz CT molecular complexity index is 441. The van der Waals surface area contributed by atoms with Gasteiger partial charge in [-0.15, -0.1) is 11.3 Å². The van der Waals surface area contributed by atoms with E-state index in [0.29, 0.717) is 18.1 Å². The van der Waals surface area contributed by atoms with Crippen molar-refractivity contribution < 1.29 is 0 Å². The minimum atomic E-state index is 0.527. The van der Waals surface area contributed by atoms with Crippen LogP contribution in [-0.4, -0.2) is 23.1 Å². The molecule has 1 N–H and O–H groups in total. The quantitative estimate of drug-likeness (QED) is 0.811. The molecule has 1 aromatic rings. The summed E-state index contributed by atoms with van der Waals surface area (Å²) in [5.74, 6) is 0. The number of hydrogen-bond donors (Lipinski definition) is 1. The number of rotatable bonds is 7. The average Bonchev–Trinajstić information content (AvgIpc) is 3.00. The van der Waals surface area contributed by atoms with Crippen molar-refractivity contribution in [3.63, 3.8) is 0 Å². The molecular formula is C17H31N3S. The first-order chi connectivity index (χ1) is 10.1. The molecule has 2 atom stereocenters. The van der Waals surface area contributed by atoms with Crippen LogP contribution in [0.25, 0.3) is 0 Å². The van der Waals surface area contributed by atoms with Crippen molar-refractivity contribution in [3.05, 3.63) is 10.6 Å². The third-order valence-corrected chi connectivity index (χ3v) is 5.51.